The maximum absolute atomic E-state index is 12.8. The standard InChI is InChI=1S/C13H12FNO2S.CO2/c1-15(12-9-7-11(14)8-10-12)18(16,17)13-5-3-2-4-6-13;2-1-3/h2-10H,1H3;. The summed E-state index contributed by atoms with van der Waals surface area (Å²) < 4.78 is 38.4. The highest BCUT2D eigenvalue weighted by Crippen LogP contribution is 2.21. The highest BCUT2D eigenvalue weighted by atomic mass is 32.2. The largest absolute Gasteiger partial charge is 0.373 e. The molecular formula is C14H12FNO4S. The van der Waals surface area contributed by atoms with Gasteiger partial charge in [-0.1, -0.05) is 18.2 Å². The third-order valence-electron chi connectivity index (χ3n) is 2.59. The number of hydrogen-bond donors (Lipinski definition) is 0. The molecule has 0 radical (unpaired) electrons. The van der Waals surface area contributed by atoms with Gasteiger partial charge in [0.2, 0.25) is 0 Å². The summed E-state index contributed by atoms with van der Waals surface area (Å²) in [5.74, 6) is -0.399. The van der Waals surface area contributed by atoms with Gasteiger partial charge in [0.25, 0.3) is 10.0 Å². The van der Waals surface area contributed by atoms with Crippen LogP contribution >= 0.6 is 0 Å². The van der Waals surface area contributed by atoms with Gasteiger partial charge in [-0.2, -0.15) is 9.59 Å². The van der Waals surface area contributed by atoms with Gasteiger partial charge in [-0.25, -0.2) is 12.8 Å². The maximum Gasteiger partial charge on any atom is 0.373 e. The van der Waals surface area contributed by atoms with Gasteiger partial charge < -0.3 is 0 Å². The van der Waals surface area contributed by atoms with Crippen molar-refractivity contribution in [2.75, 3.05) is 11.4 Å². The fourth-order valence-corrected chi connectivity index (χ4v) is 2.76. The molecule has 0 saturated heterocycles. The first-order valence-electron chi connectivity index (χ1n) is 5.72. The topological polar surface area (TPSA) is 71.5 Å². The molecule has 2 aromatic carbocycles. The minimum Gasteiger partial charge on any atom is -0.269 e. The Bertz CT molecular complexity index is 708. The Kier molecular flexibility index (Phi) is 5.78. The normalized spacial score (nSPS) is 10.0. The molecule has 0 spiro atoms. The molecule has 0 amide bonds. The zero-order chi connectivity index (χ0) is 15.9. The fourth-order valence-electron chi connectivity index (χ4n) is 1.54. The van der Waals surface area contributed by atoms with E-state index in [2.05, 4.69) is 0 Å². The average Bonchev–Trinajstić information content (AvgIpc) is 2.49. The number of nitrogens with zero attached hydrogens (tertiary/aromatic N) is 1. The van der Waals surface area contributed by atoms with Crippen LogP contribution in [0, 0.1) is 5.82 Å². The lowest BCUT2D eigenvalue weighted by Gasteiger charge is -2.19. The summed E-state index contributed by atoms with van der Waals surface area (Å²) >= 11 is 0. The van der Waals surface area contributed by atoms with Crippen LogP contribution in [0.15, 0.2) is 59.5 Å². The van der Waals surface area contributed by atoms with Crippen LogP contribution in [0.4, 0.5) is 10.1 Å². The molecule has 0 aliphatic carbocycles. The van der Waals surface area contributed by atoms with E-state index in [0.717, 1.165) is 4.31 Å². The summed E-state index contributed by atoms with van der Waals surface area (Å²) in [5, 5.41) is 0. The molecule has 0 aliphatic rings. The molecule has 0 heterocycles. The van der Waals surface area contributed by atoms with Crippen molar-refractivity contribution >= 4 is 21.9 Å². The number of anilines is 1. The number of halogens is 1. The summed E-state index contributed by atoms with van der Waals surface area (Å²) in [6.07, 6.45) is 0.250. The predicted octanol–water partition coefficient (Wildman–Crippen LogP) is 2.07. The van der Waals surface area contributed by atoms with Crippen molar-refractivity contribution in [3.63, 3.8) is 0 Å². The quantitative estimate of drug-likeness (QED) is 0.870. The Morgan fingerprint density at radius 2 is 1.43 bits per heavy atom. The van der Waals surface area contributed by atoms with Crippen LogP contribution in [-0.4, -0.2) is 21.6 Å². The molecule has 2 aromatic rings. The lowest BCUT2D eigenvalue weighted by Crippen LogP contribution is -2.26. The van der Waals surface area contributed by atoms with Gasteiger partial charge in [-0.15, -0.1) is 0 Å². The van der Waals surface area contributed by atoms with Gasteiger partial charge in [0, 0.05) is 7.05 Å². The predicted molar refractivity (Wildman–Crippen MR) is 73.4 cm³/mol. The van der Waals surface area contributed by atoms with E-state index in [-0.39, 0.29) is 11.0 Å². The van der Waals surface area contributed by atoms with Gasteiger partial charge in [0.15, 0.2) is 0 Å². The maximum atomic E-state index is 12.8. The molecular weight excluding hydrogens is 297 g/mol. The zero-order valence-corrected chi connectivity index (χ0v) is 11.9. The monoisotopic (exact) mass is 309 g/mol. The Morgan fingerprint density at radius 3 is 1.90 bits per heavy atom. The lowest BCUT2D eigenvalue weighted by molar-refractivity contribution is -0.191. The smallest absolute Gasteiger partial charge is 0.269 e. The van der Waals surface area contributed by atoms with Crippen LogP contribution in [-0.2, 0) is 19.6 Å². The van der Waals surface area contributed by atoms with E-state index in [9.17, 15) is 12.8 Å². The van der Waals surface area contributed by atoms with Gasteiger partial charge in [-0.05, 0) is 36.4 Å². The minimum atomic E-state index is -3.59. The van der Waals surface area contributed by atoms with E-state index in [0.29, 0.717) is 5.69 Å². The average molecular weight is 309 g/mol. The van der Waals surface area contributed by atoms with Gasteiger partial charge in [-0.3, -0.25) is 4.31 Å². The molecule has 110 valence electrons. The first-order chi connectivity index (χ1) is 9.93. The first kappa shape index (κ1) is 16.6. The van der Waals surface area contributed by atoms with Crippen LogP contribution in [0.2, 0.25) is 0 Å². The SMILES string of the molecule is CN(c1ccc(F)cc1)S(=O)(=O)c1ccccc1.O=C=O. The van der Waals surface area contributed by atoms with E-state index < -0.39 is 15.8 Å². The Morgan fingerprint density at radius 1 is 0.952 bits per heavy atom. The fraction of sp³-hybridized carbons (Fsp3) is 0.0714. The van der Waals surface area contributed by atoms with E-state index >= 15 is 0 Å². The lowest BCUT2D eigenvalue weighted by atomic mass is 10.3. The molecule has 0 bridgehead atoms. The Balaban J connectivity index is 0.000000677. The Hall–Kier alpha value is -2.50. The van der Waals surface area contributed by atoms with E-state index in [1.807, 2.05) is 0 Å². The van der Waals surface area contributed by atoms with Crippen molar-refractivity contribution in [3.8, 4) is 0 Å². The molecule has 7 heteroatoms. The second-order valence-corrected chi connectivity index (χ2v) is 5.81. The third-order valence-corrected chi connectivity index (χ3v) is 4.39. The van der Waals surface area contributed by atoms with Crippen LogP contribution in [0.3, 0.4) is 0 Å². The van der Waals surface area contributed by atoms with Crippen LogP contribution < -0.4 is 4.31 Å². The van der Waals surface area contributed by atoms with E-state index in [1.165, 1.54) is 43.4 Å². The third kappa shape index (κ3) is 4.24. The van der Waals surface area contributed by atoms with Crippen LogP contribution in [0.25, 0.3) is 0 Å². The molecule has 21 heavy (non-hydrogen) atoms. The van der Waals surface area contributed by atoms with E-state index in [1.54, 1.807) is 18.2 Å². The molecule has 0 saturated carbocycles. The summed E-state index contributed by atoms with van der Waals surface area (Å²) in [5.41, 5.74) is 0.417. The highest BCUT2D eigenvalue weighted by Gasteiger charge is 2.20. The Labute approximate surface area is 121 Å². The number of hydrogen-bond acceptors (Lipinski definition) is 4. The van der Waals surface area contributed by atoms with Crippen molar-refractivity contribution in [1.82, 2.24) is 0 Å². The summed E-state index contributed by atoms with van der Waals surface area (Å²) in [6.45, 7) is 0. The summed E-state index contributed by atoms with van der Waals surface area (Å²) in [6, 6.07) is 13.4. The first-order valence-corrected chi connectivity index (χ1v) is 7.16. The van der Waals surface area contributed by atoms with Crippen molar-refractivity contribution < 1.29 is 22.4 Å². The molecule has 2 rings (SSSR count). The number of benzene rings is 2. The van der Waals surface area contributed by atoms with Crippen molar-refractivity contribution in [3.05, 3.63) is 60.4 Å². The summed E-state index contributed by atoms with van der Waals surface area (Å²) in [4.78, 5) is 16.5. The van der Waals surface area contributed by atoms with E-state index in [4.69, 9.17) is 9.59 Å². The zero-order valence-electron chi connectivity index (χ0n) is 11.1. The van der Waals surface area contributed by atoms with Crippen LogP contribution in [0.1, 0.15) is 0 Å². The van der Waals surface area contributed by atoms with Crippen LogP contribution in [0.5, 0.6) is 0 Å². The van der Waals surface area contributed by atoms with Gasteiger partial charge >= 0.3 is 6.15 Å². The minimum absolute atomic E-state index is 0.205. The number of sulfonamides is 1. The second kappa shape index (κ2) is 7.33. The van der Waals surface area contributed by atoms with Gasteiger partial charge in [0.05, 0.1) is 10.6 Å². The molecule has 5 nitrogen and oxygen atoms in total. The molecule has 0 atom stereocenters. The van der Waals surface area contributed by atoms with Crippen molar-refractivity contribution in [1.29, 1.82) is 0 Å². The highest BCUT2D eigenvalue weighted by molar-refractivity contribution is 7.92. The molecule has 0 unspecified atom stereocenters. The molecule has 0 N–H and O–H groups in total. The van der Waals surface area contributed by atoms with Crippen molar-refractivity contribution in [2.45, 2.75) is 4.90 Å². The molecule has 0 aromatic heterocycles. The summed E-state index contributed by atoms with van der Waals surface area (Å²) in [7, 11) is -2.15. The molecule has 0 fully saturated rings. The van der Waals surface area contributed by atoms with Crippen molar-refractivity contribution in [2.24, 2.45) is 0 Å². The second-order valence-electron chi connectivity index (χ2n) is 3.85. The number of carbonyl (C=O) groups excluding carboxylic acids is 2. The van der Waals surface area contributed by atoms with Gasteiger partial charge in [0.1, 0.15) is 5.82 Å². The number of rotatable bonds is 3. The molecule has 0 aliphatic heterocycles.